The minimum Gasteiger partial charge on any atom is -0.470 e. The van der Waals surface area contributed by atoms with Gasteiger partial charge in [-0.15, -0.1) is 0 Å². The molecule has 1 aliphatic carbocycles. The summed E-state index contributed by atoms with van der Waals surface area (Å²) in [6.07, 6.45) is 1.06. The lowest BCUT2D eigenvalue weighted by molar-refractivity contribution is -0.0361. The van der Waals surface area contributed by atoms with Gasteiger partial charge in [-0.1, -0.05) is 0 Å². The number of hydrogen-bond acceptors (Lipinski definition) is 9. The predicted octanol–water partition coefficient (Wildman–Crippen LogP) is 4.14. The molecule has 13 heteroatoms. The van der Waals surface area contributed by atoms with Crippen LogP contribution in [0.2, 0.25) is 0 Å². The zero-order valence-electron chi connectivity index (χ0n) is 22.3. The molecule has 1 aliphatic heterocycles. The number of rotatable bonds is 7. The van der Waals surface area contributed by atoms with Gasteiger partial charge in [-0.05, 0) is 47.5 Å². The van der Waals surface area contributed by atoms with E-state index >= 15 is 0 Å². The Bertz CT molecular complexity index is 1170. The zero-order chi connectivity index (χ0) is 27.7. The highest BCUT2D eigenvalue weighted by atomic mass is 19.3. The number of aromatic nitrogens is 4. The summed E-state index contributed by atoms with van der Waals surface area (Å²) in [7, 11) is 0. The van der Waals surface area contributed by atoms with Crippen molar-refractivity contribution in [3.8, 4) is 11.8 Å². The maximum absolute atomic E-state index is 13.6. The lowest BCUT2D eigenvalue weighted by Crippen LogP contribution is -2.57. The summed E-state index contributed by atoms with van der Waals surface area (Å²) in [6.45, 7) is 9.68. The third-order valence-corrected chi connectivity index (χ3v) is 6.12. The summed E-state index contributed by atoms with van der Waals surface area (Å²) >= 11 is 0. The Labute approximate surface area is 219 Å². The van der Waals surface area contributed by atoms with E-state index in [4.69, 9.17) is 14.2 Å². The second-order valence-corrected chi connectivity index (χ2v) is 10.6. The van der Waals surface area contributed by atoms with E-state index in [0.29, 0.717) is 37.3 Å². The van der Waals surface area contributed by atoms with Crippen molar-refractivity contribution < 1.29 is 32.6 Å². The highest BCUT2D eigenvalue weighted by Crippen LogP contribution is 2.34. The van der Waals surface area contributed by atoms with Crippen molar-refractivity contribution in [3.63, 3.8) is 0 Å². The molecule has 1 amide bonds. The quantitative estimate of drug-likeness (QED) is 0.521. The van der Waals surface area contributed by atoms with E-state index in [9.17, 15) is 18.4 Å². The first-order valence-corrected chi connectivity index (χ1v) is 12.7. The zero-order valence-corrected chi connectivity index (χ0v) is 22.3. The number of nitrogens with zero attached hydrogens (tertiary/aromatic N) is 5. The van der Waals surface area contributed by atoms with Crippen LogP contribution in [0, 0.1) is 6.92 Å². The van der Waals surface area contributed by atoms with Crippen molar-refractivity contribution in [2.24, 2.45) is 0 Å². The number of nitrogens with one attached hydrogen (secondary N) is 1. The molecule has 1 saturated heterocycles. The number of carbonyl (C=O) groups excluding carboxylic acids is 2. The number of ether oxygens (including phenoxy) is 3. The normalized spacial score (nSPS) is 18.0. The third kappa shape index (κ3) is 6.87. The molecule has 0 unspecified atom stereocenters. The second kappa shape index (κ2) is 10.7. The van der Waals surface area contributed by atoms with Gasteiger partial charge in [-0.2, -0.15) is 15.1 Å². The summed E-state index contributed by atoms with van der Waals surface area (Å²) in [5, 5.41) is 7.51. The molecule has 0 radical (unpaired) electrons. The number of anilines is 1. The number of likely N-dealkylation sites (tertiary alicyclic amines) is 1. The Hall–Kier alpha value is -3.51. The fourth-order valence-electron chi connectivity index (χ4n) is 4.17. The van der Waals surface area contributed by atoms with Crippen LogP contribution in [0.3, 0.4) is 0 Å². The molecule has 2 aromatic rings. The predicted molar refractivity (Wildman–Crippen MR) is 133 cm³/mol. The van der Waals surface area contributed by atoms with Crippen molar-refractivity contribution in [1.82, 2.24) is 24.6 Å². The fourth-order valence-corrected chi connectivity index (χ4v) is 4.17. The molecule has 0 atom stereocenters. The molecule has 0 bridgehead atoms. The summed E-state index contributed by atoms with van der Waals surface area (Å²) in [5.74, 6) is -2.47. The van der Waals surface area contributed by atoms with Gasteiger partial charge < -0.3 is 24.4 Å². The minimum absolute atomic E-state index is 0.133. The van der Waals surface area contributed by atoms with Crippen LogP contribution in [0.1, 0.15) is 69.4 Å². The number of amides is 1. The van der Waals surface area contributed by atoms with Gasteiger partial charge in [-0.25, -0.2) is 23.1 Å². The van der Waals surface area contributed by atoms with E-state index in [0.717, 1.165) is 0 Å². The number of alkyl halides is 2. The van der Waals surface area contributed by atoms with Crippen molar-refractivity contribution in [2.75, 3.05) is 25.0 Å². The Morgan fingerprint density at radius 2 is 1.87 bits per heavy atom. The molecule has 0 aromatic carbocycles. The van der Waals surface area contributed by atoms with Crippen LogP contribution in [-0.2, 0) is 9.47 Å². The van der Waals surface area contributed by atoms with Gasteiger partial charge in [-0.3, -0.25) is 0 Å². The summed E-state index contributed by atoms with van der Waals surface area (Å²) in [4.78, 5) is 35.0. The Balaban J connectivity index is 1.52. The number of hydrogen-bond donors (Lipinski definition) is 1. The molecule has 2 fully saturated rings. The lowest BCUT2D eigenvalue weighted by Gasteiger charge is -2.39. The Kier molecular flexibility index (Phi) is 7.75. The molecule has 11 nitrogen and oxygen atoms in total. The van der Waals surface area contributed by atoms with Crippen LogP contribution in [0.25, 0.3) is 5.95 Å². The van der Waals surface area contributed by atoms with E-state index in [1.807, 2.05) is 0 Å². The van der Waals surface area contributed by atoms with Gasteiger partial charge in [0, 0.05) is 36.7 Å². The standard InChI is InChI=1S/C25H34F2N6O5/c1-6-36-21(34)20-15(2)12-33(31-20)22-29-18(28-16-7-9-25(26,27)10-8-16)11-19(30-22)37-17-13-32(14-17)23(35)38-24(3,4)5/h11-12,16-17H,6-10,13-14H2,1-5H3,(H,28,29,30). The molecule has 0 spiro atoms. The molecule has 1 N–H and O–H groups in total. The summed E-state index contributed by atoms with van der Waals surface area (Å²) < 4.78 is 45.1. The largest absolute Gasteiger partial charge is 0.470 e. The first-order chi connectivity index (χ1) is 17.8. The van der Waals surface area contributed by atoms with Crippen molar-refractivity contribution in [1.29, 1.82) is 0 Å². The number of aryl methyl sites for hydroxylation is 1. The minimum atomic E-state index is -2.65. The van der Waals surface area contributed by atoms with Crippen molar-refractivity contribution in [3.05, 3.63) is 23.5 Å². The SMILES string of the molecule is CCOC(=O)c1nn(-c2nc(NC3CCC(F)(F)CC3)cc(OC3CN(C(=O)OC(C)(C)C)C3)n2)cc1C. The highest BCUT2D eigenvalue weighted by molar-refractivity contribution is 5.88. The van der Waals surface area contributed by atoms with Crippen LogP contribution in [0.5, 0.6) is 5.88 Å². The van der Waals surface area contributed by atoms with Gasteiger partial charge in [0.25, 0.3) is 5.95 Å². The van der Waals surface area contributed by atoms with Crippen LogP contribution in [0.4, 0.5) is 19.4 Å². The third-order valence-electron chi connectivity index (χ3n) is 6.12. The monoisotopic (exact) mass is 536 g/mol. The van der Waals surface area contributed by atoms with Gasteiger partial charge in [0.15, 0.2) is 5.69 Å². The summed E-state index contributed by atoms with van der Waals surface area (Å²) in [6, 6.07) is 1.40. The van der Waals surface area contributed by atoms with Gasteiger partial charge in [0.2, 0.25) is 11.8 Å². The molecular weight excluding hydrogens is 502 g/mol. The van der Waals surface area contributed by atoms with Gasteiger partial charge in [0.1, 0.15) is 17.5 Å². The number of halogens is 2. The second-order valence-electron chi connectivity index (χ2n) is 10.6. The molecule has 4 rings (SSSR count). The van der Waals surface area contributed by atoms with Gasteiger partial charge in [0.05, 0.1) is 19.7 Å². The van der Waals surface area contributed by atoms with Crippen LogP contribution in [0.15, 0.2) is 12.3 Å². The number of carbonyl (C=O) groups is 2. The van der Waals surface area contributed by atoms with Crippen LogP contribution in [-0.4, -0.2) is 80.1 Å². The first kappa shape index (κ1) is 27.5. The smallest absolute Gasteiger partial charge is 0.410 e. The average molecular weight is 537 g/mol. The van der Waals surface area contributed by atoms with Crippen LogP contribution < -0.4 is 10.1 Å². The molecule has 208 valence electrons. The molecule has 38 heavy (non-hydrogen) atoms. The molecule has 2 aliphatic rings. The van der Waals surface area contributed by atoms with Crippen molar-refractivity contribution in [2.45, 2.75) is 84.0 Å². The fraction of sp³-hybridized carbons (Fsp3) is 0.640. The van der Waals surface area contributed by atoms with E-state index in [2.05, 4.69) is 20.4 Å². The van der Waals surface area contributed by atoms with E-state index < -0.39 is 23.6 Å². The maximum Gasteiger partial charge on any atom is 0.410 e. The lowest BCUT2D eigenvalue weighted by atomic mass is 9.92. The Morgan fingerprint density at radius 1 is 1.18 bits per heavy atom. The van der Waals surface area contributed by atoms with Crippen LogP contribution >= 0.6 is 0 Å². The Morgan fingerprint density at radius 3 is 2.50 bits per heavy atom. The molecule has 3 heterocycles. The molecule has 2 aromatic heterocycles. The average Bonchev–Trinajstić information content (AvgIpc) is 3.18. The first-order valence-electron chi connectivity index (χ1n) is 12.7. The molecule has 1 saturated carbocycles. The topological polar surface area (TPSA) is 121 Å². The molecular formula is C25H34F2N6O5. The maximum atomic E-state index is 13.6. The highest BCUT2D eigenvalue weighted by Gasteiger charge is 2.37. The van der Waals surface area contributed by atoms with Gasteiger partial charge >= 0.3 is 12.1 Å². The van der Waals surface area contributed by atoms with E-state index in [1.165, 1.54) is 9.58 Å². The van der Waals surface area contributed by atoms with Crippen molar-refractivity contribution >= 4 is 17.9 Å². The summed E-state index contributed by atoms with van der Waals surface area (Å²) in [5.41, 5.74) is 0.116. The number of esters is 1. The van der Waals surface area contributed by atoms with E-state index in [1.54, 1.807) is 46.9 Å². The van der Waals surface area contributed by atoms with E-state index in [-0.39, 0.29) is 49.1 Å².